The molecule has 4 unspecified atom stereocenters. The number of carbonyl (C=O) groups is 1. The second-order valence-corrected chi connectivity index (χ2v) is 8.03. The number of methoxy groups -OCH3 is 1. The largest absolute Gasteiger partial charge is 0.497 e. The Morgan fingerprint density at radius 1 is 1.21 bits per heavy atom. The molecule has 0 N–H and O–H groups in total. The van der Waals surface area contributed by atoms with Crippen LogP contribution in [0.15, 0.2) is 30.5 Å². The van der Waals surface area contributed by atoms with Gasteiger partial charge in [-0.1, -0.05) is 12.1 Å². The zero-order valence-electron chi connectivity index (χ0n) is 17.3. The van der Waals surface area contributed by atoms with Crippen LogP contribution in [0.2, 0.25) is 0 Å². The van der Waals surface area contributed by atoms with Crippen LogP contribution in [-0.2, 0) is 19.0 Å². The van der Waals surface area contributed by atoms with Crippen LogP contribution in [0, 0.1) is 11.8 Å². The lowest BCUT2D eigenvalue weighted by atomic mass is 9.71. The van der Waals surface area contributed by atoms with E-state index in [0.717, 1.165) is 56.9 Å². The minimum Gasteiger partial charge on any atom is -0.497 e. The average Bonchev–Trinajstić information content (AvgIpc) is 2.77. The average molecular weight is 402 g/mol. The van der Waals surface area contributed by atoms with Crippen molar-refractivity contribution < 1.29 is 23.7 Å². The molecule has 6 nitrogen and oxygen atoms in total. The Morgan fingerprint density at radius 2 is 2.03 bits per heavy atom. The molecule has 4 atom stereocenters. The number of rotatable bonds is 7. The fourth-order valence-electron chi connectivity index (χ4n) is 4.76. The van der Waals surface area contributed by atoms with Crippen molar-refractivity contribution in [2.24, 2.45) is 11.8 Å². The van der Waals surface area contributed by atoms with E-state index in [0.29, 0.717) is 12.3 Å². The van der Waals surface area contributed by atoms with Gasteiger partial charge in [-0.3, -0.25) is 9.69 Å². The highest BCUT2D eigenvalue weighted by Crippen LogP contribution is 2.42. The van der Waals surface area contributed by atoms with Crippen molar-refractivity contribution >= 4 is 11.4 Å². The van der Waals surface area contributed by atoms with Gasteiger partial charge in [0.05, 0.1) is 37.7 Å². The molecule has 0 aromatic heterocycles. The number of benzene rings is 1. The molecule has 2 heterocycles. The topological polar surface area (TPSA) is 57.2 Å². The molecule has 0 bridgehead atoms. The summed E-state index contributed by atoms with van der Waals surface area (Å²) in [5.41, 5.74) is 1.55. The van der Waals surface area contributed by atoms with Crippen LogP contribution in [0.4, 0.5) is 0 Å². The first-order chi connectivity index (χ1) is 14.2. The standard InChI is InChI=1S/C23H31NO5/c1-3-27-12-4-11-24-13-19-21(29-15-24)10-9-18-22(25)20(14-28-23(18)19)16-5-7-17(26-2)8-6-16/h5-8,14,18-19,21,23H,3-4,9-13,15H2,1-2H3. The Morgan fingerprint density at radius 3 is 2.79 bits per heavy atom. The van der Waals surface area contributed by atoms with Gasteiger partial charge < -0.3 is 18.9 Å². The molecule has 3 aliphatic rings. The first kappa shape index (κ1) is 20.4. The normalized spacial score (nSPS) is 29.4. The van der Waals surface area contributed by atoms with Gasteiger partial charge in [0.25, 0.3) is 0 Å². The predicted molar refractivity (Wildman–Crippen MR) is 109 cm³/mol. The highest BCUT2D eigenvalue weighted by molar-refractivity contribution is 6.22. The third kappa shape index (κ3) is 4.34. The molecule has 0 spiro atoms. The maximum atomic E-state index is 13.3. The number of nitrogens with zero attached hydrogens (tertiary/aromatic N) is 1. The van der Waals surface area contributed by atoms with E-state index < -0.39 is 0 Å². The van der Waals surface area contributed by atoms with Crippen molar-refractivity contribution in [3.05, 3.63) is 36.1 Å². The number of carbonyl (C=O) groups excluding carboxylic acids is 1. The number of hydrogen-bond donors (Lipinski definition) is 0. The summed E-state index contributed by atoms with van der Waals surface area (Å²) in [5.74, 6) is 1.11. The number of ether oxygens (including phenoxy) is 4. The number of ketones is 1. The SMILES string of the molecule is CCOCCCN1COC2CCC3C(=O)C(c4ccc(OC)cc4)=COC3C2C1. The van der Waals surface area contributed by atoms with Gasteiger partial charge in [0.15, 0.2) is 5.78 Å². The number of allylic oxidation sites excluding steroid dienone is 1. The van der Waals surface area contributed by atoms with Crippen molar-refractivity contribution in [2.75, 3.05) is 40.1 Å². The number of fused-ring (bicyclic) bond motifs is 3. The maximum absolute atomic E-state index is 13.3. The summed E-state index contributed by atoms with van der Waals surface area (Å²) >= 11 is 0. The van der Waals surface area contributed by atoms with Crippen LogP contribution < -0.4 is 4.74 Å². The summed E-state index contributed by atoms with van der Waals surface area (Å²) in [7, 11) is 1.64. The smallest absolute Gasteiger partial charge is 0.173 e. The lowest BCUT2D eigenvalue weighted by molar-refractivity contribution is -0.170. The fraction of sp³-hybridized carbons (Fsp3) is 0.609. The molecule has 1 aliphatic carbocycles. The Bertz CT molecular complexity index is 731. The summed E-state index contributed by atoms with van der Waals surface area (Å²) in [6.07, 6.45) is 4.48. The van der Waals surface area contributed by atoms with E-state index in [1.54, 1.807) is 13.4 Å². The van der Waals surface area contributed by atoms with E-state index in [1.807, 2.05) is 31.2 Å². The number of hydrogen-bond acceptors (Lipinski definition) is 6. The Labute approximate surface area is 172 Å². The Balaban J connectivity index is 1.44. The number of Topliss-reactive ketones (excluding diaryl/α,β-unsaturated/α-hetero) is 1. The van der Waals surface area contributed by atoms with Gasteiger partial charge in [-0.25, -0.2) is 0 Å². The van der Waals surface area contributed by atoms with Gasteiger partial charge in [-0.05, 0) is 43.9 Å². The minimum atomic E-state index is -0.0991. The van der Waals surface area contributed by atoms with Crippen molar-refractivity contribution in [1.82, 2.24) is 4.90 Å². The minimum absolute atomic E-state index is 0.0923. The third-order valence-corrected chi connectivity index (χ3v) is 6.31. The van der Waals surface area contributed by atoms with Gasteiger partial charge in [-0.15, -0.1) is 0 Å². The van der Waals surface area contributed by atoms with Crippen molar-refractivity contribution in [3.8, 4) is 5.75 Å². The van der Waals surface area contributed by atoms with E-state index in [-0.39, 0.29) is 29.8 Å². The van der Waals surface area contributed by atoms with Crippen LogP contribution >= 0.6 is 0 Å². The monoisotopic (exact) mass is 401 g/mol. The van der Waals surface area contributed by atoms with Crippen molar-refractivity contribution in [3.63, 3.8) is 0 Å². The molecule has 0 radical (unpaired) electrons. The van der Waals surface area contributed by atoms with Crippen LogP contribution in [0.5, 0.6) is 5.75 Å². The molecule has 0 amide bonds. The van der Waals surface area contributed by atoms with Gasteiger partial charge in [0.2, 0.25) is 0 Å². The molecule has 6 heteroatoms. The fourth-order valence-corrected chi connectivity index (χ4v) is 4.76. The lowest BCUT2D eigenvalue weighted by Gasteiger charge is -2.48. The van der Waals surface area contributed by atoms with Crippen molar-refractivity contribution in [1.29, 1.82) is 0 Å². The van der Waals surface area contributed by atoms with Crippen molar-refractivity contribution in [2.45, 2.75) is 38.4 Å². The highest BCUT2D eigenvalue weighted by Gasteiger charge is 2.48. The molecule has 1 aromatic carbocycles. The molecule has 29 heavy (non-hydrogen) atoms. The summed E-state index contributed by atoms with van der Waals surface area (Å²) in [4.78, 5) is 15.6. The predicted octanol–water partition coefficient (Wildman–Crippen LogP) is 3.12. The second kappa shape index (κ2) is 9.28. The van der Waals surface area contributed by atoms with E-state index in [9.17, 15) is 4.79 Å². The molecule has 4 rings (SSSR count). The molecule has 1 aromatic rings. The van der Waals surface area contributed by atoms with Crippen LogP contribution in [0.3, 0.4) is 0 Å². The van der Waals surface area contributed by atoms with E-state index >= 15 is 0 Å². The highest BCUT2D eigenvalue weighted by atomic mass is 16.5. The first-order valence-electron chi connectivity index (χ1n) is 10.7. The van der Waals surface area contributed by atoms with Gasteiger partial charge in [-0.2, -0.15) is 0 Å². The van der Waals surface area contributed by atoms with E-state index in [2.05, 4.69) is 4.90 Å². The van der Waals surface area contributed by atoms with Gasteiger partial charge >= 0.3 is 0 Å². The summed E-state index contributed by atoms with van der Waals surface area (Å²) in [6, 6.07) is 7.59. The quantitative estimate of drug-likeness (QED) is 0.655. The van der Waals surface area contributed by atoms with Crippen LogP contribution in [0.25, 0.3) is 5.57 Å². The van der Waals surface area contributed by atoms with E-state index in [4.69, 9.17) is 18.9 Å². The zero-order chi connectivity index (χ0) is 20.2. The molecule has 1 saturated heterocycles. The molecule has 2 aliphatic heterocycles. The van der Waals surface area contributed by atoms with Crippen LogP contribution in [0.1, 0.15) is 31.7 Å². The van der Waals surface area contributed by atoms with Gasteiger partial charge in [0.1, 0.15) is 11.9 Å². The summed E-state index contributed by atoms with van der Waals surface area (Å²) in [5, 5.41) is 0. The lowest BCUT2D eigenvalue weighted by Crippen LogP contribution is -2.56. The van der Waals surface area contributed by atoms with Crippen LogP contribution in [-0.4, -0.2) is 63.0 Å². The Hall–Kier alpha value is -1.89. The first-order valence-corrected chi connectivity index (χ1v) is 10.7. The van der Waals surface area contributed by atoms with Gasteiger partial charge in [0, 0.05) is 32.2 Å². The molecule has 158 valence electrons. The van der Waals surface area contributed by atoms with E-state index in [1.165, 1.54) is 0 Å². The molecule has 2 fully saturated rings. The molecule has 1 saturated carbocycles. The Kier molecular flexibility index (Phi) is 6.53. The summed E-state index contributed by atoms with van der Waals surface area (Å²) in [6.45, 7) is 6.06. The second-order valence-electron chi connectivity index (χ2n) is 8.03. The summed E-state index contributed by atoms with van der Waals surface area (Å²) < 4.78 is 23.0. The third-order valence-electron chi connectivity index (χ3n) is 6.31. The zero-order valence-corrected chi connectivity index (χ0v) is 17.3. The molecular weight excluding hydrogens is 370 g/mol. The molecular formula is C23H31NO5. The maximum Gasteiger partial charge on any atom is 0.173 e.